The second-order valence-electron chi connectivity index (χ2n) is 4.93. The number of ether oxygens (including phenoxy) is 3. The van der Waals surface area contributed by atoms with E-state index >= 15 is 0 Å². The zero-order chi connectivity index (χ0) is 18.4. The number of hydrogen-bond donors (Lipinski definition) is 1. The molecular weight excluding hydrogens is 326 g/mol. The summed E-state index contributed by atoms with van der Waals surface area (Å²) in [5, 5.41) is 9.88. The first-order valence-electron chi connectivity index (χ1n) is 7.21. The standard InChI is InChI=1S/C18H17NO6/c1-23-15-4-5-16(20)13(9-15)10-19-14-7-11(17(21)24-2)6-12(8-14)18(22)25-3/h4-10,20H,1-3H3. The van der Waals surface area contributed by atoms with Crippen molar-refractivity contribution in [2.24, 2.45) is 4.99 Å². The van der Waals surface area contributed by atoms with Crippen LogP contribution in [0.1, 0.15) is 26.3 Å². The lowest BCUT2D eigenvalue weighted by molar-refractivity contribution is 0.0599. The molecule has 0 atom stereocenters. The Morgan fingerprint density at radius 2 is 1.56 bits per heavy atom. The van der Waals surface area contributed by atoms with Crippen molar-refractivity contribution in [3.8, 4) is 11.5 Å². The molecule has 0 aliphatic rings. The maximum absolute atomic E-state index is 11.8. The van der Waals surface area contributed by atoms with Crippen LogP contribution in [0.25, 0.3) is 0 Å². The third-order valence-corrected chi connectivity index (χ3v) is 3.35. The molecular formula is C18H17NO6. The fraction of sp³-hybridized carbons (Fsp3) is 0.167. The van der Waals surface area contributed by atoms with Crippen LogP contribution in [0.15, 0.2) is 41.4 Å². The number of hydrogen-bond acceptors (Lipinski definition) is 7. The Labute approximate surface area is 144 Å². The third-order valence-electron chi connectivity index (χ3n) is 3.35. The van der Waals surface area contributed by atoms with Gasteiger partial charge in [-0.15, -0.1) is 0 Å². The summed E-state index contributed by atoms with van der Waals surface area (Å²) in [7, 11) is 3.99. The van der Waals surface area contributed by atoms with Crippen molar-refractivity contribution in [2.45, 2.75) is 0 Å². The summed E-state index contributed by atoms with van der Waals surface area (Å²) >= 11 is 0. The third kappa shape index (κ3) is 4.35. The van der Waals surface area contributed by atoms with Crippen molar-refractivity contribution in [2.75, 3.05) is 21.3 Å². The lowest BCUT2D eigenvalue weighted by Crippen LogP contribution is -2.06. The zero-order valence-corrected chi connectivity index (χ0v) is 14.0. The number of carbonyl (C=O) groups excluding carboxylic acids is 2. The first-order valence-corrected chi connectivity index (χ1v) is 7.21. The van der Waals surface area contributed by atoms with Gasteiger partial charge >= 0.3 is 11.9 Å². The molecule has 0 amide bonds. The smallest absolute Gasteiger partial charge is 0.337 e. The van der Waals surface area contributed by atoms with E-state index in [9.17, 15) is 14.7 Å². The second kappa shape index (κ2) is 7.96. The van der Waals surface area contributed by atoms with E-state index in [-0.39, 0.29) is 16.9 Å². The van der Waals surface area contributed by atoms with E-state index in [1.807, 2.05) is 0 Å². The van der Waals surface area contributed by atoms with Crippen LogP contribution < -0.4 is 4.74 Å². The van der Waals surface area contributed by atoms with Crippen LogP contribution in [-0.2, 0) is 9.47 Å². The normalized spacial score (nSPS) is 10.5. The summed E-state index contributed by atoms with van der Waals surface area (Å²) in [6.07, 6.45) is 1.40. The summed E-state index contributed by atoms with van der Waals surface area (Å²) in [5.41, 5.74) is 1.06. The van der Waals surface area contributed by atoms with Gasteiger partial charge in [-0.1, -0.05) is 0 Å². The van der Waals surface area contributed by atoms with Gasteiger partial charge in [0.1, 0.15) is 11.5 Å². The average molecular weight is 343 g/mol. The summed E-state index contributed by atoms with van der Waals surface area (Å²) < 4.78 is 14.4. The van der Waals surface area contributed by atoms with E-state index in [4.69, 9.17) is 4.74 Å². The molecule has 25 heavy (non-hydrogen) atoms. The Bertz CT molecular complexity index is 794. The van der Waals surface area contributed by atoms with Gasteiger partial charge in [0.2, 0.25) is 0 Å². The average Bonchev–Trinajstić information content (AvgIpc) is 2.65. The van der Waals surface area contributed by atoms with Gasteiger partial charge in [-0.05, 0) is 36.4 Å². The number of carbonyl (C=O) groups is 2. The molecule has 0 radical (unpaired) electrons. The molecule has 0 saturated carbocycles. The topological polar surface area (TPSA) is 94.4 Å². The number of phenolic OH excluding ortho intramolecular Hbond substituents is 1. The monoisotopic (exact) mass is 343 g/mol. The van der Waals surface area contributed by atoms with Crippen LogP contribution >= 0.6 is 0 Å². The van der Waals surface area contributed by atoms with Gasteiger partial charge in [-0.25, -0.2) is 9.59 Å². The molecule has 0 heterocycles. The first-order chi connectivity index (χ1) is 12.0. The van der Waals surface area contributed by atoms with E-state index in [1.165, 1.54) is 51.8 Å². The molecule has 0 fully saturated rings. The van der Waals surface area contributed by atoms with E-state index in [0.717, 1.165) is 0 Å². The van der Waals surface area contributed by atoms with Crippen molar-refractivity contribution >= 4 is 23.8 Å². The molecule has 0 unspecified atom stereocenters. The van der Waals surface area contributed by atoms with Gasteiger partial charge in [0.25, 0.3) is 0 Å². The minimum absolute atomic E-state index is 0.0156. The van der Waals surface area contributed by atoms with Gasteiger partial charge < -0.3 is 19.3 Å². The number of nitrogens with zero attached hydrogens (tertiary/aromatic N) is 1. The van der Waals surface area contributed by atoms with E-state index in [0.29, 0.717) is 17.0 Å². The van der Waals surface area contributed by atoms with Crippen molar-refractivity contribution in [1.29, 1.82) is 0 Å². The Morgan fingerprint density at radius 1 is 0.960 bits per heavy atom. The Kier molecular flexibility index (Phi) is 5.73. The highest BCUT2D eigenvalue weighted by molar-refractivity contribution is 5.97. The van der Waals surface area contributed by atoms with Crippen LogP contribution in [0.2, 0.25) is 0 Å². The quantitative estimate of drug-likeness (QED) is 0.662. The highest BCUT2D eigenvalue weighted by Gasteiger charge is 2.13. The SMILES string of the molecule is COC(=O)c1cc(N=Cc2cc(OC)ccc2O)cc(C(=O)OC)c1. The molecule has 2 rings (SSSR count). The molecule has 1 N–H and O–H groups in total. The van der Waals surface area contributed by atoms with Gasteiger partial charge in [0.15, 0.2) is 0 Å². The molecule has 130 valence electrons. The number of esters is 2. The van der Waals surface area contributed by atoms with Crippen molar-refractivity contribution in [3.05, 3.63) is 53.1 Å². The molecule has 7 nitrogen and oxygen atoms in total. The van der Waals surface area contributed by atoms with E-state index in [2.05, 4.69) is 14.5 Å². The Morgan fingerprint density at radius 3 is 2.08 bits per heavy atom. The highest BCUT2D eigenvalue weighted by atomic mass is 16.5. The largest absolute Gasteiger partial charge is 0.507 e. The van der Waals surface area contributed by atoms with Crippen LogP contribution in [0, 0.1) is 0 Å². The summed E-state index contributed by atoms with van der Waals surface area (Å²) in [6.45, 7) is 0. The molecule has 7 heteroatoms. The van der Waals surface area contributed by atoms with E-state index in [1.54, 1.807) is 12.1 Å². The predicted molar refractivity (Wildman–Crippen MR) is 91.0 cm³/mol. The fourth-order valence-electron chi connectivity index (χ4n) is 2.06. The molecule has 0 spiro atoms. The molecule has 0 aliphatic carbocycles. The van der Waals surface area contributed by atoms with Gasteiger partial charge in [0, 0.05) is 11.8 Å². The van der Waals surface area contributed by atoms with Crippen LogP contribution in [0.5, 0.6) is 11.5 Å². The summed E-state index contributed by atoms with van der Waals surface area (Å²) in [4.78, 5) is 27.7. The van der Waals surface area contributed by atoms with E-state index < -0.39 is 11.9 Å². The van der Waals surface area contributed by atoms with Crippen molar-refractivity contribution < 1.29 is 28.9 Å². The number of aromatic hydroxyl groups is 1. The molecule has 0 saturated heterocycles. The lowest BCUT2D eigenvalue weighted by atomic mass is 10.1. The van der Waals surface area contributed by atoms with Crippen LogP contribution in [-0.4, -0.2) is 44.6 Å². The number of aliphatic imine (C=N–C) groups is 1. The molecule has 0 bridgehead atoms. The zero-order valence-electron chi connectivity index (χ0n) is 14.0. The van der Waals surface area contributed by atoms with Crippen molar-refractivity contribution in [1.82, 2.24) is 0 Å². The summed E-state index contributed by atoms with van der Waals surface area (Å²) in [5.74, 6) is -0.641. The predicted octanol–water partition coefficient (Wildman–Crippen LogP) is 2.72. The Balaban J connectivity index is 2.44. The lowest BCUT2D eigenvalue weighted by Gasteiger charge is -2.06. The minimum Gasteiger partial charge on any atom is -0.507 e. The first kappa shape index (κ1) is 18.0. The van der Waals surface area contributed by atoms with Crippen LogP contribution in [0.3, 0.4) is 0 Å². The fourth-order valence-corrected chi connectivity index (χ4v) is 2.06. The van der Waals surface area contributed by atoms with Gasteiger partial charge in [-0.2, -0.15) is 0 Å². The number of phenols is 1. The highest BCUT2D eigenvalue weighted by Crippen LogP contribution is 2.23. The second-order valence-corrected chi connectivity index (χ2v) is 4.93. The van der Waals surface area contributed by atoms with Gasteiger partial charge in [-0.3, -0.25) is 4.99 Å². The Hall–Kier alpha value is -3.35. The van der Waals surface area contributed by atoms with Crippen molar-refractivity contribution in [3.63, 3.8) is 0 Å². The minimum atomic E-state index is -0.605. The number of benzene rings is 2. The maximum atomic E-state index is 11.8. The molecule has 0 aromatic heterocycles. The summed E-state index contributed by atoms with van der Waals surface area (Å²) in [6, 6.07) is 8.98. The number of methoxy groups -OCH3 is 3. The number of rotatable bonds is 5. The van der Waals surface area contributed by atoms with Crippen LogP contribution in [0.4, 0.5) is 5.69 Å². The molecule has 2 aromatic carbocycles. The van der Waals surface area contributed by atoms with Gasteiger partial charge in [0.05, 0.1) is 38.1 Å². The molecule has 2 aromatic rings. The molecule has 0 aliphatic heterocycles. The maximum Gasteiger partial charge on any atom is 0.337 e.